The Kier molecular flexibility index (Phi) is 3.90. The minimum absolute atomic E-state index is 0.0144. The molecule has 0 radical (unpaired) electrons. The molecule has 21 heavy (non-hydrogen) atoms. The van der Waals surface area contributed by atoms with Crippen LogP contribution < -0.4 is 10.2 Å². The molecule has 1 aliphatic heterocycles. The van der Waals surface area contributed by atoms with Crippen LogP contribution in [0.15, 0.2) is 29.8 Å². The molecule has 0 saturated carbocycles. The van der Waals surface area contributed by atoms with Crippen molar-refractivity contribution in [1.29, 1.82) is 0 Å². The fourth-order valence-electron chi connectivity index (χ4n) is 2.27. The number of rotatable bonds is 3. The molecule has 0 spiro atoms. The van der Waals surface area contributed by atoms with Gasteiger partial charge < -0.3 is 4.90 Å². The molecule has 1 saturated heterocycles. The van der Waals surface area contributed by atoms with Crippen molar-refractivity contribution in [3.05, 3.63) is 40.4 Å². The van der Waals surface area contributed by atoms with Gasteiger partial charge in [0.25, 0.3) is 5.91 Å². The molecular formula is C14H12ClN3O2S. The maximum Gasteiger partial charge on any atom is 0.259 e. The highest BCUT2D eigenvalue weighted by Crippen LogP contribution is 2.29. The van der Waals surface area contributed by atoms with E-state index < -0.39 is 0 Å². The van der Waals surface area contributed by atoms with Gasteiger partial charge in [0, 0.05) is 29.6 Å². The maximum atomic E-state index is 12.4. The standard InChI is InChI=1S/C14H12ClN3O2S/c15-9-3-4-10(13(20)17-14-16-5-7-21-14)11(8-9)18-6-1-2-12(18)19/h3-5,7-8H,1-2,6H2,(H,16,17,20). The van der Waals surface area contributed by atoms with Crippen LogP contribution in [0.5, 0.6) is 0 Å². The lowest BCUT2D eigenvalue weighted by molar-refractivity contribution is -0.117. The zero-order chi connectivity index (χ0) is 14.8. The molecule has 1 N–H and O–H groups in total. The summed E-state index contributed by atoms with van der Waals surface area (Å²) in [6.45, 7) is 0.608. The number of aromatic nitrogens is 1. The smallest absolute Gasteiger partial charge is 0.259 e. The van der Waals surface area contributed by atoms with Gasteiger partial charge in [0.1, 0.15) is 0 Å². The Hall–Kier alpha value is -1.92. The molecule has 108 valence electrons. The van der Waals surface area contributed by atoms with Crippen molar-refractivity contribution in [3.8, 4) is 0 Å². The van der Waals surface area contributed by atoms with E-state index in [4.69, 9.17) is 11.6 Å². The number of benzene rings is 1. The van der Waals surface area contributed by atoms with Gasteiger partial charge in [0.2, 0.25) is 5.91 Å². The van der Waals surface area contributed by atoms with Crippen LogP contribution in [0, 0.1) is 0 Å². The van der Waals surface area contributed by atoms with E-state index in [-0.39, 0.29) is 11.8 Å². The topological polar surface area (TPSA) is 62.3 Å². The lowest BCUT2D eigenvalue weighted by Gasteiger charge is -2.19. The normalized spacial score (nSPS) is 14.5. The Bertz CT molecular complexity index is 688. The van der Waals surface area contributed by atoms with Crippen molar-refractivity contribution >= 4 is 45.6 Å². The van der Waals surface area contributed by atoms with E-state index in [2.05, 4.69) is 10.3 Å². The van der Waals surface area contributed by atoms with Crippen LogP contribution in [-0.2, 0) is 4.79 Å². The first kappa shape index (κ1) is 14.0. The molecule has 1 aliphatic rings. The summed E-state index contributed by atoms with van der Waals surface area (Å²) in [5.41, 5.74) is 0.976. The Labute approximate surface area is 130 Å². The highest BCUT2D eigenvalue weighted by atomic mass is 35.5. The number of carbonyl (C=O) groups is 2. The molecule has 0 atom stereocenters. The lowest BCUT2D eigenvalue weighted by atomic mass is 10.1. The van der Waals surface area contributed by atoms with Gasteiger partial charge in [0.05, 0.1) is 11.3 Å². The minimum atomic E-state index is -0.295. The number of hydrogen-bond donors (Lipinski definition) is 1. The quantitative estimate of drug-likeness (QED) is 0.944. The number of carbonyl (C=O) groups excluding carboxylic acids is 2. The predicted molar refractivity (Wildman–Crippen MR) is 83.1 cm³/mol. The van der Waals surface area contributed by atoms with Crippen molar-refractivity contribution in [3.63, 3.8) is 0 Å². The van der Waals surface area contributed by atoms with E-state index >= 15 is 0 Å². The lowest BCUT2D eigenvalue weighted by Crippen LogP contribution is -2.27. The zero-order valence-electron chi connectivity index (χ0n) is 11.0. The Morgan fingerprint density at radius 2 is 2.29 bits per heavy atom. The van der Waals surface area contributed by atoms with E-state index in [1.54, 1.807) is 34.7 Å². The summed E-state index contributed by atoms with van der Waals surface area (Å²) < 4.78 is 0. The first-order valence-corrected chi connectivity index (χ1v) is 7.71. The second-order valence-electron chi connectivity index (χ2n) is 4.60. The molecule has 3 rings (SSSR count). The number of anilines is 2. The van der Waals surface area contributed by atoms with Crippen LogP contribution in [0.2, 0.25) is 5.02 Å². The summed E-state index contributed by atoms with van der Waals surface area (Å²) >= 11 is 7.35. The van der Waals surface area contributed by atoms with Gasteiger partial charge in [-0.3, -0.25) is 14.9 Å². The SMILES string of the molecule is O=C(Nc1nccs1)c1ccc(Cl)cc1N1CCCC1=O. The summed E-state index contributed by atoms with van der Waals surface area (Å²) in [5, 5.41) is 5.52. The monoisotopic (exact) mass is 321 g/mol. The third kappa shape index (κ3) is 2.91. The van der Waals surface area contributed by atoms with E-state index in [0.29, 0.717) is 34.4 Å². The van der Waals surface area contributed by atoms with Crippen molar-refractivity contribution in [2.45, 2.75) is 12.8 Å². The summed E-state index contributed by atoms with van der Waals surface area (Å²) in [4.78, 5) is 29.9. The van der Waals surface area contributed by atoms with Gasteiger partial charge >= 0.3 is 0 Å². The van der Waals surface area contributed by atoms with Crippen molar-refractivity contribution < 1.29 is 9.59 Å². The average molecular weight is 322 g/mol. The number of amides is 2. The molecular weight excluding hydrogens is 310 g/mol. The van der Waals surface area contributed by atoms with Gasteiger partial charge in [-0.25, -0.2) is 4.98 Å². The molecule has 5 nitrogen and oxygen atoms in total. The van der Waals surface area contributed by atoms with Crippen LogP contribution in [0.3, 0.4) is 0 Å². The summed E-state index contributed by atoms with van der Waals surface area (Å²) in [7, 11) is 0. The molecule has 0 aliphatic carbocycles. The highest BCUT2D eigenvalue weighted by molar-refractivity contribution is 7.13. The van der Waals surface area contributed by atoms with Crippen LogP contribution in [0.4, 0.5) is 10.8 Å². The molecule has 2 aromatic rings. The third-order valence-electron chi connectivity index (χ3n) is 3.22. The number of nitrogens with one attached hydrogen (secondary N) is 1. The minimum Gasteiger partial charge on any atom is -0.312 e. The first-order chi connectivity index (χ1) is 10.1. The van der Waals surface area contributed by atoms with Gasteiger partial charge in [0.15, 0.2) is 5.13 Å². The van der Waals surface area contributed by atoms with E-state index in [1.165, 1.54) is 11.3 Å². The number of nitrogens with zero attached hydrogens (tertiary/aromatic N) is 2. The number of hydrogen-bond acceptors (Lipinski definition) is 4. The Morgan fingerprint density at radius 1 is 1.43 bits per heavy atom. The molecule has 2 amide bonds. The predicted octanol–water partition coefficient (Wildman–Crippen LogP) is 3.18. The van der Waals surface area contributed by atoms with Crippen LogP contribution >= 0.6 is 22.9 Å². The molecule has 0 bridgehead atoms. The summed E-state index contributed by atoms with van der Waals surface area (Å²) in [6.07, 6.45) is 2.91. The molecule has 0 unspecified atom stereocenters. The Morgan fingerprint density at radius 3 is 2.95 bits per heavy atom. The van der Waals surface area contributed by atoms with Gasteiger partial charge in [-0.15, -0.1) is 11.3 Å². The number of thiazole rings is 1. The fraction of sp³-hybridized carbons (Fsp3) is 0.214. The highest BCUT2D eigenvalue weighted by Gasteiger charge is 2.26. The second kappa shape index (κ2) is 5.83. The van der Waals surface area contributed by atoms with Crippen LogP contribution in [0.1, 0.15) is 23.2 Å². The first-order valence-electron chi connectivity index (χ1n) is 6.46. The second-order valence-corrected chi connectivity index (χ2v) is 5.93. The zero-order valence-corrected chi connectivity index (χ0v) is 12.6. The molecule has 1 fully saturated rings. The molecule has 1 aromatic heterocycles. The van der Waals surface area contributed by atoms with E-state index in [1.807, 2.05) is 0 Å². The maximum absolute atomic E-state index is 12.4. The number of halogens is 1. The van der Waals surface area contributed by atoms with Gasteiger partial charge in [-0.1, -0.05) is 11.6 Å². The van der Waals surface area contributed by atoms with Crippen molar-refractivity contribution in [2.24, 2.45) is 0 Å². The molecule has 2 heterocycles. The van der Waals surface area contributed by atoms with Crippen molar-refractivity contribution in [1.82, 2.24) is 4.98 Å². The van der Waals surface area contributed by atoms with Gasteiger partial charge in [-0.05, 0) is 24.6 Å². The van der Waals surface area contributed by atoms with Crippen LogP contribution in [-0.4, -0.2) is 23.3 Å². The van der Waals surface area contributed by atoms with Gasteiger partial charge in [-0.2, -0.15) is 0 Å². The third-order valence-corrected chi connectivity index (χ3v) is 4.15. The summed E-state index contributed by atoms with van der Waals surface area (Å²) in [5.74, 6) is -0.281. The average Bonchev–Trinajstić information content (AvgIpc) is 3.10. The fourth-order valence-corrected chi connectivity index (χ4v) is 2.96. The molecule has 7 heteroatoms. The summed E-state index contributed by atoms with van der Waals surface area (Å²) in [6, 6.07) is 4.93. The van der Waals surface area contributed by atoms with Crippen molar-refractivity contribution in [2.75, 3.05) is 16.8 Å². The van der Waals surface area contributed by atoms with Crippen LogP contribution in [0.25, 0.3) is 0 Å². The largest absolute Gasteiger partial charge is 0.312 e. The Balaban J connectivity index is 1.94. The molecule has 1 aromatic carbocycles. The van der Waals surface area contributed by atoms with E-state index in [9.17, 15) is 9.59 Å². The van der Waals surface area contributed by atoms with E-state index in [0.717, 1.165) is 6.42 Å².